The zero-order valence-corrected chi connectivity index (χ0v) is 13.2. The van der Waals surface area contributed by atoms with Crippen molar-refractivity contribution in [1.82, 2.24) is 15.2 Å². The van der Waals surface area contributed by atoms with Crippen LogP contribution in [0.15, 0.2) is 24.4 Å². The maximum atomic E-state index is 12.5. The predicted octanol–water partition coefficient (Wildman–Crippen LogP) is 2.57. The van der Waals surface area contributed by atoms with Gasteiger partial charge in [0.15, 0.2) is 0 Å². The fraction of sp³-hybridized carbons (Fsp3) is 0.647. The Morgan fingerprint density at radius 3 is 3.00 bits per heavy atom. The van der Waals surface area contributed by atoms with Gasteiger partial charge in [0.2, 0.25) is 5.91 Å². The number of hydrogen-bond donors (Lipinski definition) is 1. The molecule has 1 aromatic rings. The largest absolute Gasteiger partial charge is 0.354 e. The molecule has 0 spiro atoms. The molecule has 4 nitrogen and oxygen atoms in total. The number of rotatable bonds is 7. The zero-order valence-electron chi connectivity index (χ0n) is 13.2. The number of hydrogen-bond acceptors (Lipinski definition) is 3. The molecule has 0 unspecified atom stereocenters. The van der Waals surface area contributed by atoms with E-state index in [1.165, 1.54) is 12.8 Å². The average Bonchev–Trinajstić information content (AvgIpc) is 2.98. The monoisotopic (exact) mass is 289 g/mol. The van der Waals surface area contributed by atoms with Gasteiger partial charge < -0.3 is 5.32 Å². The smallest absolute Gasteiger partial charge is 0.229 e. The highest BCUT2D eigenvalue weighted by atomic mass is 16.1. The molecule has 1 N–H and O–H groups in total. The lowest BCUT2D eigenvalue weighted by Crippen LogP contribution is -2.41. The molecule has 2 heterocycles. The minimum atomic E-state index is -0.118. The standard InChI is InChI=1S/C17H27N3O/c1-3-8-15(16-10-5-6-11-18-16)17(21)19-13-14-9-7-12-20(14)4-2/h5-6,10-11,14-15H,3-4,7-9,12-13H2,1-2H3,(H,19,21)/t14-,15-/m1/s1. The third-order valence-electron chi connectivity index (χ3n) is 4.36. The molecule has 2 rings (SSSR count). The molecule has 1 fully saturated rings. The summed E-state index contributed by atoms with van der Waals surface area (Å²) in [4.78, 5) is 19.3. The fourth-order valence-electron chi connectivity index (χ4n) is 3.17. The number of likely N-dealkylation sites (tertiary alicyclic amines) is 1. The van der Waals surface area contributed by atoms with E-state index < -0.39 is 0 Å². The van der Waals surface area contributed by atoms with Crippen LogP contribution >= 0.6 is 0 Å². The van der Waals surface area contributed by atoms with Gasteiger partial charge in [-0.25, -0.2) is 0 Å². The highest BCUT2D eigenvalue weighted by molar-refractivity contribution is 5.83. The van der Waals surface area contributed by atoms with Crippen LogP contribution < -0.4 is 5.32 Å². The number of carbonyl (C=O) groups excluding carboxylic acids is 1. The van der Waals surface area contributed by atoms with Crippen molar-refractivity contribution < 1.29 is 4.79 Å². The molecule has 0 saturated carbocycles. The fourth-order valence-corrected chi connectivity index (χ4v) is 3.17. The number of carbonyl (C=O) groups is 1. The minimum absolute atomic E-state index is 0.118. The van der Waals surface area contributed by atoms with Gasteiger partial charge in [0.05, 0.1) is 11.6 Å². The lowest BCUT2D eigenvalue weighted by molar-refractivity contribution is -0.123. The molecule has 116 valence electrons. The second kappa shape index (κ2) is 8.13. The first kappa shape index (κ1) is 16.0. The third kappa shape index (κ3) is 4.27. The van der Waals surface area contributed by atoms with Gasteiger partial charge in [-0.1, -0.05) is 26.3 Å². The van der Waals surface area contributed by atoms with Crippen LogP contribution in [0.4, 0.5) is 0 Å². The van der Waals surface area contributed by atoms with Crippen LogP contribution in [-0.4, -0.2) is 41.5 Å². The summed E-state index contributed by atoms with van der Waals surface area (Å²) < 4.78 is 0. The Bertz CT molecular complexity index is 435. The Hall–Kier alpha value is -1.42. The molecule has 0 aliphatic carbocycles. The van der Waals surface area contributed by atoms with E-state index >= 15 is 0 Å². The molecular weight excluding hydrogens is 262 g/mol. The van der Waals surface area contributed by atoms with Crippen LogP contribution in [0, 0.1) is 0 Å². The summed E-state index contributed by atoms with van der Waals surface area (Å²) >= 11 is 0. The Morgan fingerprint density at radius 1 is 1.48 bits per heavy atom. The summed E-state index contributed by atoms with van der Waals surface area (Å²) in [6, 6.07) is 6.30. The highest BCUT2D eigenvalue weighted by Crippen LogP contribution is 2.20. The number of amides is 1. The van der Waals surface area contributed by atoms with Crippen molar-refractivity contribution in [3.8, 4) is 0 Å². The predicted molar refractivity (Wildman–Crippen MR) is 85.2 cm³/mol. The van der Waals surface area contributed by atoms with Crippen LogP contribution in [0.1, 0.15) is 51.1 Å². The van der Waals surface area contributed by atoms with E-state index in [2.05, 4.69) is 29.0 Å². The van der Waals surface area contributed by atoms with Gasteiger partial charge in [0, 0.05) is 18.8 Å². The second-order valence-corrected chi connectivity index (χ2v) is 5.77. The summed E-state index contributed by atoms with van der Waals surface area (Å²) in [5.74, 6) is 0.00572. The highest BCUT2D eigenvalue weighted by Gasteiger charge is 2.25. The van der Waals surface area contributed by atoms with Crippen LogP contribution in [0.2, 0.25) is 0 Å². The van der Waals surface area contributed by atoms with E-state index in [9.17, 15) is 4.79 Å². The van der Waals surface area contributed by atoms with Crippen molar-refractivity contribution in [1.29, 1.82) is 0 Å². The number of pyridine rings is 1. The zero-order chi connectivity index (χ0) is 15.1. The van der Waals surface area contributed by atoms with Gasteiger partial charge in [-0.3, -0.25) is 14.7 Å². The maximum absolute atomic E-state index is 12.5. The van der Waals surface area contributed by atoms with Crippen molar-refractivity contribution >= 4 is 5.91 Å². The van der Waals surface area contributed by atoms with Crippen molar-refractivity contribution in [3.05, 3.63) is 30.1 Å². The van der Waals surface area contributed by atoms with Crippen molar-refractivity contribution in [2.75, 3.05) is 19.6 Å². The van der Waals surface area contributed by atoms with Gasteiger partial charge in [0.25, 0.3) is 0 Å². The Balaban J connectivity index is 1.93. The SMILES string of the molecule is CCC[C@@H](C(=O)NC[C@H]1CCCN1CC)c1ccccn1. The number of likely N-dealkylation sites (N-methyl/N-ethyl adjacent to an activating group) is 1. The van der Waals surface area contributed by atoms with Crippen molar-refractivity contribution in [2.24, 2.45) is 0 Å². The van der Waals surface area contributed by atoms with Crippen molar-refractivity contribution in [3.63, 3.8) is 0 Å². The van der Waals surface area contributed by atoms with Crippen LogP contribution in [0.5, 0.6) is 0 Å². The lowest BCUT2D eigenvalue weighted by atomic mass is 9.98. The molecule has 1 aromatic heterocycles. The first-order valence-corrected chi connectivity index (χ1v) is 8.19. The Kier molecular flexibility index (Phi) is 6.18. The summed E-state index contributed by atoms with van der Waals surface area (Å²) in [6.07, 6.45) is 6.04. The summed E-state index contributed by atoms with van der Waals surface area (Å²) in [6.45, 7) is 7.29. The summed E-state index contributed by atoms with van der Waals surface area (Å²) in [7, 11) is 0. The molecule has 0 radical (unpaired) electrons. The molecule has 21 heavy (non-hydrogen) atoms. The van der Waals surface area contributed by atoms with E-state index in [4.69, 9.17) is 0 Å². The molecule has 1 aliphatic heterocycles. The summed E-state index contributed by atoms with van der Waals surface area (Å²) in [5, 5.41) is 3.15. The maximum Gasteiger partial charge on any atom is 0.229 e. The molecule has 1 aliphatic rings. The molecule has 0 bridgehead atoms. The van der Waals surface area contributed by atoms with E-state index in [-0.39, 0.29) is 11.8 Å². The van der Waals surface area contributed by atoms with E-state index in [1.54, 1.807) is 6.20 Å². The number of nitrogens with one attached hydrogen (secondary N) is 1. The Morgan fingerprint density at radius 2 is 2.33 bits per heavy atom. The molecule has 1 saturated heterocycles. The van der Waals surface area contributed by atoms with E-state index in [0.29, 0.717) is 6.04 Å². The Labute approximate surface area is 127 Å². The molecule has 1 amide bonds. The second-order valence-electron chi connectivity index (χ2n) is 5.77. The van der Waals surface area contributed by atoms with Gasteiger partial charge in [-0.15, -0.1) is 0 Å². The van der Waals surface area contributed by atoms with Gasteiger partial charge in [-0.2, -0.15) is 0 Å². The van der Waals surface area contributed by atoms with Crippen LogP contribution in [0.3, 0.4) is 0 Å². The first-order chi connectivity index (χ1) is 10.3. The number of aromatic nitrogens is 1. The quantitative estimate of drug-likeness (QED) is 0.839. The third-order valence-corrected chi connectivity index (χ3v) is 4.36. The van der Waals surface area contributed by atoms with Gasteiger partial charge in [-0.05, 0) is 44.5 Å². The van der Waals surface area contributed by atoms with E-state index in [0.717, 1.165) is 38.2 Å². The normalized spacial score (nSPS) is 20.4. The van der Waals surface area contributed by atoms with Crippen molar-refractivity contribution in [2.45, 2.75) is 51.5 Å². The average molecular weight is 289 g/mol. The van der Waals surface area contributed by atoms with Crippen LogP contribution in [0.25, 0.3) is 0 Å². The van der Waals surface area contributed by atoms with Gasteiger partial charge in [0.1, 0.15) is 0 Å². The van der Waals surface area contributed by atoms with E-state index in [1.807, 2.05) is 18.2 Å². The minimum Gasteiger partial charge on any atom is -0.354 e. The van der Waals surface area contributed by atoms with Crippen LogP contribution in [-0.2, 0) is 4.79 Å². The topological polar surface area (TPSA) is 45.2 Å². The lowest BCUT2D eigenvalue weighted by Gasteiger charge is -2.24. The molecule has 0 aromatic carbocycles. The first-order valence-electron chi connectivity index (χ1n) is 8.19. The number of nitrogens with zero attached hydrogens (tertiary/aromatic N) is 2. The van der Waals surface area contributed by atoms with Gasteiger partial charge >= 0.3 is 0 Å². The molecule has 4 heteroatoms. The molecular formula is C17H27N3O. The summed E-state index contributed by atoms with van der Waals surface area (Å²) in [5.41, 5.74) is 0.885. The molecule has 2 atom stereocenters.